The first-order chi connectivity index (χ1) is 10.0. The molecule has 0 unspecified atom stereocenters. The molecular formula is C14H23N5OS. The fraction of sp³-hybridized carbons (Fsp3) is 0.571. The van der Waals surface area contributed by atoms with Gasteiger partial charge in [-0.05, 0) is 20.8 Å². The zero-order valence-corrected chi connectivity index (χ0v) is 13.8. The summed E-state index contributed by atoms with van der Waals surface area (Å²) in [6, 6.07) is 0. The Kier molecular flexibility index (Phi) is 5.19. The smallest absolute Gasteiger partial charge is 0.193 e. The van der Waals surface area contributed by atoms with E-state index in [0.717, 1.165) is 23.2 Å². The standard InChI is InChI=1S/C14H23N5OS/c1-5-15-12(17-10-14(2,3)20-4)16-8-11-9-19-6-7-21-13(19)18-11/h6-7,9H,5,8,10H2,1-4H3,(H2,15,16,17). The van der Waals surface area contributed by atoms with Crippen molar-refractivity contribution < 1.29 is 4.74 Å². The van der Waals surface area contributed by atoms with E-state index in [1.165, 1.54) is 0 Å². The molecule has 0 saturated carbocycles. The predicted octanol–water partition coefficient (Wildman–Crippen LogP) is 1.88. The van der Waals surface area contributed by atoms with E-state index in [1.54, 1.807) is 18.4 Å². The monoisotopic (exact) mass is 309 g/mol. The summed E-state index contributed by atoms with van der Waals surface area (Å²) in [6.45, 7) is 8.17. The molecule has 0 fully saturated rings. The highest BCUT2D eigenvalue weighted by Crippen LogP contribution is 2.11. The van der Waals surface area contributed by atoms with E-state index in [2.05, 4.69) is 20.6 Å². The molecule has 0 spiro atoms. The second kappa shape index (κ2) is 6.91. The van der Waals surface area contributed by atoms with Gasteiger partial charge in [-0.1, -0.05) is 0 Å². The van der Waals surface area contributed by atoms with E-state index in [4.69, 9.17) is 4.74 Å². The van der Waals surface area contributed by atoms with Crippen LogP contribution in [0.2, 0.25) is 0 Å². The van der Waals surface area contributed by atoms with Gasteiger partial charge < -0.3 is 15.4 Å². The molecule has 7 heteroatoms. The molecule has 0 aliphatic heterocycles. The van der Waals surface area contributed by atoms with E-state index in [1.807, 2.05) is 42.9 Å². The van der Waals surface area contributed by atoms with E-state index in [-0.39, 0.29) is 5.60 Å². The van der Waals surface area contributed by atoms with E-state index >= 15 is 0 Å². The summed E-state index contributed by atoms with van der Waals surface area (Å²) in [5, 5.41) is 8.54. The molecule has 0 atom stereocenters. The summed E-state index contributed by atoms with van der Waals surface area (Å²) in [5.41, 5.74) is 0.734. The van der Waals surface area contributed by atoms with Crippen LogP contribution in [-0.4, -0.2) is 41.1 Å². The van der Waals surface area contributed by atoms with Crippen LogP contribution < -0.4 is 10.6 Å². The van der Waals surface area contributed by atoms with Crippen LogP contribution in [0.25, 0.3) is 4.96 Å². The van der Waals surface area contributed by atoms with Gasteiger partial charge in [0.05, 0.1) is 17.8 Å². The number of ether oxygens (including phenoxy) is 1. The van der Waals surface area contributed by atoms with Gasteiger partial charge in [0.25, 0.3) is 0 Å². The van der Waals surface area contributed by atoms with Gasteiger partial charge in [-0.2, -0.15) is 0 Å². The Morgan fingerprint density at radius 3 is 2.95 bits per heavy atom. The lowest BCUT2D eigenvalue weighted by Crippen LogP contribution is -2.45. The summed E-state index contributed by atoms with van der Waals surface area (Å²) in [7, 11) is 1.71. The van der Waals surface area contributed by atoms with Crippen LogP contribution in [0.5, 0.6) is 0 Å². The number of guanidine groups is 1. The van der Waals surface area contributed by atoms with Gasteiger partial charge in [-0.3, -0.25) is 4.40 Å². The highest BCUT2D eigenvalue weighted by molar-refractivity contribution is 7.15. The lowest BCUT2D eigenvalue weighted by molar-refractivity contribution is 0.0268. The predicted molar refractivity (Wildman–Crippen MR) is 87.0 cm³/mol. The van der Waals surface area contributed by atoms with E-state index in [9.17, 15) is 0 Å². The molecule has 0 aromatic carbocycles. The minimum Gasteiger partial charge on any atom is -0.377 e. The number of fused-ring (bicyclic) bond motifs is 1. The molecule has 2 rings (SSSR count). The molecular weight excluding hydrogens is 286 g/mol. The van der Waals surface area contributed by atoms with Crippen LogP contribution in [0.1, 0.15) is 26.5 Å². The number of imidazole rings is 1. The Morgan fingerprint density at radius 2 is 2.29 bits per heavy atom. The van der Waals surface area contributed by atoms with Crippen molar-refractivity contribution in [1.82, 2.24) is 20.0 Å². The molecule has 21 heavy (non-hydrogen) atoms. The highest BCUT2D eigenvalue weighted by Gasteiger charge is 2.16. The number of nitrogens with one attached hydrogen (secondary N) is 2. The van der Waals surface area contributed by atoms with Gasteiger partial charge in [-0.25, -0.2) is 9.98 Å². The molecule has 0 aliphatic rings. The van der Waals surface area contributed by atoms with Crippen LogP contribution in [0.3, 0.4) is 0 Å². The Bertz CT molecular complexity index is 573. The van der Waals surface area contributed by atoms with Crippen molar-refractivity contribution in [2.24, 2.45) is 4.99 Å². The highest BCUT2D eigenvalue weighted by atomic mass is 32.1. The zero-order chi connectivity index (χ0) is 15.3. The number of methoxy groups -OCH3 is 1. The third kappa shape index (κ3) is 4.44. The first kappa shape index (κ1) is 15.8. The summed E-state index contributed by atoms with van der Waals surface area (Å²) in [6.07, 6.45) is 4.02. The van der Waals surface area contributed by atoms with E-state index in [0.29, 0.717) is 13.1 Å². The van der Waals surface area contributed by atoms with Gasteiger partial charge in [0.2, 0.25) is 0 Å². The van der Waals surface area contributed by atoms with Gasteiger partial charge in [0, 0.05) is 38.0 Å². The number of hydrogen-bond donors (Lipinski definition) is 2. The van der Waals surface area contributed by atoms with Gasteiger partial charge in [0.15, 0.2) is 10.9 Å². The van der Waals surface area contributed by atoms with Gasteiger partial charge in [-0.15, -0.1) is 11.3 Å². The molecule has 0 saturated heterocycles. The molecule has 0 bridgehead atoms. The Morgan fingerprint density at radius 1 is 1.48 bits per heavy atom. The maximum atomic E-state index is 5.40. The first-order valence-electron chi connectivity index (χ1n) is 7.02. The second-order valence-electron chi connectivity index (χ2n) is 5.34. The molecule has 2 heterocycles. The number of aliphatic imine (C=N–C) groups is 1. The maximum Gasteiger partial charge on any atom is 0.193 e. The molecule has 0 aliphatic carbocycles. The summed E-state index contributed by atoms with van der Waals surface area (Å²) >= 11 is 1.62. The minimum absolute atomic E-state index is 0.229. The zero-order valence-electron chi connectivity index (χ0n) is 13.0. The van der Waals surface area contributed by atoms with Gasteiger partial charge >= 0.3 is 0 Å². The molecule has 2 N–H and O–H groups in total. The molecule has 2 aromatic rings. The van der Waals surface area contributed by atoms with Crippen LogP contribution in [0.15, 0.2) is 22.8 Å². The first-order valence-corrected chi connectivity index (χ1v) is 7.90. The topological polar surface area (TPSA) is 63.0 Å². The van der Waals surface area contributed by atoms with E-state index < -0.39 is 0 Å². The maximum absolute atomic E-state index is 5.40. The quantitative estimate of drug-likeness (QED) is 0.632. The van der Waals surface area contributed by atoms with Gasteiger partial charge in [0.1, 0.15) is 0 Å². The Labute approximate surface area is 129 Å². The largest absolute Gasteiger partial charge is 0.377 e. The molecule has 116 valence electrons. The van der Waals surface area contributed by atoms with Crippen LogP contribution in [0, 0.1) is 0 Å². The SMILES string of the molecule is CCNC(=NCc1cn2ccsc2n1)NCC(C)(C)OC. The number of hydrogen-bond acceptors (Lipinski definition) is 4. The van der Waals surface area contributed by atoms with Crippen molar-refractivity contribution in [3.63, 3.8) is 0 Å². The van der Waals surface area contributed by atoms with Crippen molar-refractivity contribution in [1.29, 1.82) is 0 Å². The Balaban J connectivity index is 1.98. The fourth-order valence-corrected chi connectivity index (χ4v) is 2.44. The Hall–Kier alpha value is -1.60. The normalized spacial score (nSPS) is 12.9. The van der Waals surface area contributed by atoms with Crippen molar-refractivity contribution in [2.75, 3.05) is 20.2 Å². The average Bonchev–Trinajstić information content (AvgIpc) is 3.03. The number of aromatic nitrogens is 2. The molecule has 0 amide bonds. The number of thiazole rings is 1. The van der Waals surface area contributed by atoms with Crippen molar-refractivity contribution >= 4 is 22.3 Å². The summed E-state index contributed by atoms with van der Waals surface area (Å²) < 4.78 is 7.42. The summed E-state index contributed by atoms with van der Waals surface area (Å²) in [4.78, 5) is 10.1. The van der Waals surface area contributed by atoms with Crippen LogP contribution >= 0.6 is 11.3 Å². The third-order valence-corrected chi connectivity index (χ3v) is 3.89. The molecule has 2 aromatic heterocycles. The summed E-state index contributed by atoms with van der Waals surface area (Å²) in [5.74, 6) is 0.777. The average molecular weight is 309 g/mol. The fourth-order valence-electron chi connectivity index (χ4n) is 1.72. The number of nitrogens with zero attached hydrogens (tertiary/aromatic N) is 3. The lowest BCUT2D eigenvalue weighted by atomic mass is 10.1. The van der Waals surface area contributed by atoms with Crippen LogP contribution in [-0.2, 0) is 11.3 Å². The minimum atomic E-state index is -0.229. The number of rotatable bonds is 6. The van der Waals surface area contributed by atoms with Crippen molar-refractivity contribution in [3.8, 4) is 0 Å². The van der Waals surface area contributed by atoms with Crippen molar-refractivity contribution in [3.05, 3.63) is 23.5 Å². The van der Waals surface area contributed by atoms with Crippen LogP contribution in [0.4, 0.5) is 0 Å². The molecule has 0 radical (unpaired) electrons. The van der Waals surface area contributed by atoms with Crippen molar-refractivity contribution in [2.45, 2.75) is 32.9 Å². The molecule has 6 nitrogen and oxygen atoms in total. The lowest BCUT2D eigenvalue weighted by Gasteiger charge is -2.24. The second-order valence-corrected chi connectivity index (χ2v) is 6.21. The third-order valence-electron chi connectivity index (χ3n) is 3.12.